The Morgan fingerprint density at radius 2 is 1.79 bits per heavy atom. The Morgan fingerprint density at radius 1 is 1.21 bits per heavy atom. The molecule has 0 saturated heterocycles. The van der Waals surface area contributed by atoms with Gasteiger partial charge in [-0.15, -0.1) is 0 Å². The summed E-state index contributed by atoms with van der Waals surface area (Å²) in [5.74, 6) is -2.82. The van der Waals surface area contributed by atoms with Crippen LogP contribution in [0.4, 0.5) is 22.0 Å². The van der Waals surface area contributed by atoms with Crippen molar-refractivity contribution in [2.45, 2.75) is 31.6 Å². The second kappa shape index (κ2) is 7.11. The lowest BCUT2D eigenvalue weighted by molar-refractivity contribution is -0.137. The molecule has 0 heterocycles. The highest BCUT2D eigenvalue weighted by Gasteiger charge is 2.34. The van der Waals surface area contributed by atoms with Crippen LogP contribution in [0.25, 0.3) is 0 Å². The van der Waals surface area contributed by atoms with Crippen LogP contribution in [-0.4, -0.2) is 30.5 Å². The van der Waals surface area contributed by atoms with Crippen molar-refractivity contribution in [1.29, 1.82) is 0 Å². The summed E-state index contributed by atoms with van der Waals surface area (Å²) in [7, 11) is 1.31. The summed E-state index contributed by atoms with van der Waals surface area (Å²) in [5.41, 5.74) is -0.225. The first-order valence-electron chi connectivity index (χ1n) is 7.20. The van der Waals surface area contributed by atoms with Gasteiger partial charge in [-0.2, -0.15) is 22.0 Å². The minimum absolute atomic E-state index is 0.0330. The van der Waals surface area contributed by atoms with Crippen molar-refractivity contribution in [3.63, 3.8) is 0 Å². The zero-order chi connectivity index (χ0) is 17.9. The first-order valence-corrected chi connectivity index (χ1v) is 7.20. The Labute approximate surface area is 136 Å². The molecule has 2 rings (SSSR count). The number of nitrogens with zero attached hydrogens (tertiary/aromatic N) is 3. The third kappa shape index (κ3) is 4.18. The van der Waals surface area contributed by atoms with E-state index in [2.05, 4.69) is 16.7 Å². The average Bonchev–Trinajstić information content (AvgIpc) is 3.38. The Morgan fingerprint density at radius 3 is 2.21 bits per heavy atom. The number of alkyl halides is 3. The summed E-state index contributed by atoms with van der Waals surface area (Å²) in [5, 5.41) is 0. The maximum atomic E-state index is 14.1. The van der Waals surface area contributed by atoms with E-state index in [1.54, 1.807) is 0 Å². The quantitative estimate of drug-likeness (QED) is 0.334. The molecule has 8 heteroatoms. The Balaban J connectivity index is 2.25. The highest BCUT2D eigenvalue weighted by molar-refractivity contribution is 5.97. The lowest BCUT2D eigenvalue weighted by Gasteiger charge is -2.25. The summed E-state index contributed by atoms with van der Waals surface area (Å²) >= 11 is 0. The van der Waals surface area contributed by atoms with Crippen LogP contribution < -0.4 is 0 Å². The van der Waals surface area contributed by atoms with Crippen molar-refractivity contribution in [3.05, 3.63) is 47.2 Å². The molecule has 0 N–H and O–H groups in total. The second-order valence-corrected chi connectivity index (χ2v) is 5.36. The summed E-state index contributed by atoms with van der Waals surface area (Å²) in [6.07, 6.45) is -2.87. The van der Waals surface area contributed by atoms with Crippen LogP contribution in [0.2, 0.25) is 0 Å². The van der Waals surface area contributed by atoms with Gasteiger partial charge in [-0.05, 0) is 37.3 Å². The van der Waals surface area contributed by atoms with Gasteiger partial charge in [-0.3, -0.25) is 4.99 Å². The van der Waals surface area contributed by atoms with Crippen LogP contribution in [0.3, 0.4) is 0 Å². The first-order chi connectivity index (χ1) is 11.3. The first kappa shape index (κ1) is 18.1. The molecule has 1 aliphatic rings. The van der Waals surface area contributed by atoms with Gasteiger partial charge in [-0.25, -0.2) is 4.99 Å². The minimum atomic E-state index is -4.42. The molecular formula is C16H16F5N3. The Bertz CT molecular complexity index is 657. The summed E-state index contributed by atoms with van der Waals surface area (Å²) in [4.78, 5) is 8.22. The summed E-state index contributed by atoms with van der Waals surface area (Å²) < 4.78 is 65.2. The summed E-state index contributed by atoms with van der Waals surface area (Å²) in [6, 6.07) is 4.52. The number of hydrogen-bond acceptors (Lipinski definition) is 2. The van der Waals surface area contributed by atoms with E-state index >= 15 is 0 Å². The van der Waals surface area contributed by atoms with Crippen molar-refractivity contribution in [2.24, 2.45) is 9.98 Å². The van der Waals surface area contributed by atoms with Crippen molar-refractivity contribution in [1.82, 2.24) is 4.90 Å². The Hall–Kier alpha value is -2.25. The second-order valence-electron chi connectivity index (χ2n) is 5.36. The normalized spacial score (nSPS) is 16.7. The van der Waals surface area contributed by atoms with Crippen LogP contribution in [0.15, 0.2) is 46.0 Å². The van der Waals surface area contributed by atoms with Crippen LogP contribution in [0.5, 0.6) is 0 Å². The van der Waals surface area contributed by atoms with Gasteiger partial charge in [0.05, 0.1) is 5.56 Å². The van der Waals surface area contributed by atoms with Gasteiger partial charge in [0.2, 0.25) is 5.83 Å². The number of hydrogen-bond donors (Lipinski definition) is 0. The van der Waals surface area contributed by atoms with Crippen LogP contribution in [0.1, 0.15) is 24.0 Å². The smallest absolute Gasteiger partial charge is 0.347 e. The van der Waals surface area contributed by atoms with E-state index in [0.717, 1.165) is 25.0 Å². The van der Waals surface area contributed by atoms with Gasteiger partial charge in [-0.1, -0.05) is 12.1 Å². The van der Waals surface area contributed by atoms with Crippen molar-refractivity contribution in [3.8, 4) is 0 Å². The molecule has 1 fully saturated rings. The van der Waals surface area contributed by atoms with Gasteiger partial charge < -0.3 is 4.90 Å². The fraction of sp³-hybridized carbons (Fsp3) is 0.375. The topological polar surface area (TPSA) is 28.0 Å². The number of benzene rings is 1. The molecule has 130 valence electrons. The van der Waals surface area contributed by atoms with Gasteiger partial charge in [0.15, 0.2) is 5.84 Å². The molecule has 0 bridgehead atoms. The number of amidine groups is 1. The number of rotatable bonds is 5. The highest BCUT2D eigenvalue weighted by atomic mass is 19.4. The SMILES string of the molecule is C=N/C(F)=C(/F)C(=NC)N(Cc1ccc(C(F)(F)F)cc1)C1CC1. The van der Waals surface area contributed by atoms with E-state index in [-0.39, 0.29) is 18.4 Å². The fourth-order valence-corrected chi connectivity index (χ4v) is 2.27. The van der Waals surface area contributed by atoms with Gasteiger partial charge >= 0.3 is 6.18 Å². The third-order valence-electron chi connectivity index (χ3n) is 3.62. The lowest BCUT2D eigenvalue weighted by Crippen LogP contribution is -2.33. The van der Waals surface area contributed by atoms with E-state index in [1.165, 1.54) is 24.1 Å². The van der Waals surface area contributed by atoms with Crippen molar-refractivity contribution >= 4 is 12.6 Å². The largest absolute Gasteiger partial charge is 0.416 e. The van der Waals surface area contributed by atoms with Crippen LogP contribution >= 0.6 is 0 Å². The molecule has 0 radical (unpaired) electrons. The molecule has 1 aliphatic carbocycles. The van der Waals surface area contributed by atoms with Gasteiger partial charge in [0.1, 0.15) is 0 Å². The molecule has 1 aromatic rings. The molecule has 24 heavy (non-hydrogen) atoms. The molecule has 3 nitrogen and oxygen atoms in total. The van der Waals surface area contributed by atoms with Crippen LogP contribution in [0, 0.1) is 0 Å². The molecule has 0 unspecified atom stereocenters. The maximum absolute atomic E-state index is 14.1. The standard InChI is InChI=1S/C16H16F5N3/c1-22-14(18)13(17)15(23-2)24(12-7-8-12)9-10-3-5-11(6-4-10)16(19,20)21/h3-6,12H,1,7-9H2,2H3/b14-13+,23-15?. The molecule has 0 amide bonds. The molecule has 0 aromatic heterocycles. The minimum Gasteiger partial charge on any atom is -0.347 e. The van der Waals surface area contributed by atoms with Gasteiger partial charge in [0, 0.05) is 19.6 Å². The van der Waals surface area contributed by atoms with Gasteiger partial charge in [0.25, 0.3) is 5.95 Å². The third-order valence-corrected chi connectivity index (χ3v) is 3.62. The summed E-state index contributed by atoms with van der Waals surface area (Å²) in [6.45, 7) is 3.05. The average molecular weight is 345 g/mol. The number of halogens is 5. The van der Waals surface area contributed by atoms with E-state index in [4.69, 9.17) is 0 Å². The van der Waals surface area contributed by atoms with Crippen LogP contribution in [-0.2, 0) is 12.7 Å². The molecule has 1 saturated carbocycles. The molecule has 0 atom stereocenters. The number of aliphatic imine (C=N–C) groups is 2. The lowest BCUT2D eigenvalue weighted by atomic mass is 10.1. The molecular weight excluding hydrogens is 329 g/mol. The van der Waals surface area contributed by atoms with E-state index in [9.17, 15) is 22.0 Å². The van der Waals surface area contributed by atoms with Crippen molar-refractivity contribution in [2.75, 3.05) is 7.05 Å². The van der Waals surface area contributed by atoms with E-state index in [1.807, 2.05) is 0 Å². The Kier molecular flexibility index (Phi) is 5.36. The zero-order valence-corrected chi connectivity index (χ0v) is 12.9. The monoisotopic (exact) mass is 345 g/mol. The maximum Gasteiger partial charge on any atom is 0.416 e. The fourth-order valence-electron chi connectivity index (χ4n) is 2.27. The predicted molar refractivity (Wildman–Crippen MR) is 82.2 cm³/mol. The molecule has 0 aliphatic heterocycles. The molecule has 0 spiro atoms. The predicted octanol–water partition coefficient (Wildman–Crippen LogP) is 4.51. The molecule has 1 aromatic carbocycles. The highest BCUT2D eigenvalue weighted by Crippen LogP contribution is 2.32. The van der Waals surface area contributed by atoms with E-state index < -0.39 is 23.5 Å². The van der Waals surface area contributed by atoms with Crippen molar-refractivity contribution < 1.29 is 22.0 Å². The van der Waals surface area contributed by atoms with E-state index in [0.29, 0.717) is 5.56 Å². The zero-order valence-electron chi connectivity index (χ0n) is 12.9.